The highest BCUT2D eigenvalue weighted by Crippen LogP contribution is 2.34. The Morgan fingerprint density at radius 3 is 2.65 bits per heavy atom. The summed E-state index contributed by atoms with van der Waals surface area (Å²) < 4.78 is 12.2. The second-order valence-corrected chi connectivity index (χ2v) is 8.67. The third kappa shape index (κ3) is 2.93. The molecule has 4 aromatic rings. The van der Waals surface area contributed by atoms with Gasteiger partial charge in [-0.1, -0.05) is 26.0 Å². The second kappa shape index (κ2) is 6.51. The summed E-state index contributed by atoms with van der Waals surface area (Å²) in [7, 11) is 2.09. The molecule has 0 amide bonds. The van der Waals surface area contributed by atoms with Crippen molar-refractivity contribution in [3.63, 3.8) is 0 Å². The first-order valence-corrected chi connectivity index (χ1v) is 10.1. The molecule has 0 saturated heterocycles. The molecule has 0 aliphatic carbocycles. The summed E-state index contributed by atoms with van der Waals surface area (Å²) in [6.07, 6.45) is 1.05. The van der Waals surface area contributed by atoms with Crippen LogP contribution in [0.4, 0.5) is 0 Å². The predicted octanol–water partition coefficient (Wildman–Crippen LogP) is 6.36. The Bertz CT molecular complexity index is 1170. The molecule has 132 valence electrons. The minimum Gasteiger partial charge on any atom is -0.198 e. The Morgan fingerprint density at radius 1 is 1.08 bits per heavy atom. The molecule has 0 N–H and O–H groups in total. The first kappa shape index (κ1) is 16.0. The number of pyridine rings is 1. The molecule has 2 heteroatoms. The van der Waals surface area contributed by atoms with Crippen LogP contribution in [0.2, 0.25) is 0 Å². The Labute approximate surface area is 161 Å². The van der Waals surface area contributed by atoms with E-state index in [0.717, 1.165) is 17.5 Å². The molecule has 0 unspecified atom stereocenters. The lowest BCUT2D eigenvalue weighted by atomic mass is 9.95. The molecule has 0 radical (unpaired) electrons. The van der Waals surface area contributed by atoms with Crippen molar-refractivity contribution in [1.82, 2.24) is 0 Å². The fourth-order valence-corrected chi connectivity index (χ4v) is 4.64. The lowest BCUT2D eigenvalue weighted by Crippen LogP contribution is -2.35. The van der Waals surface area contributed by atoms with Crippen molar-refractivity contribution in [2.24, 2.45) is 13.0 Å². The first-order valence-electron chi connectivity index (χ1n) is 9.77. The Morgan fingerprint density at radius 2 is 1.88 bits per heavy atom. The Kier molecular flexibility index (Phi) is 4.01. The number of fused-ring (bicyclic) bond motifs is 2. The molecule has 2 aromatic heterocycles. The third-order valence-electron chi connectivity index (χ3n) is 5.19. The summed E-state index contributed by atoms with van der Waals surface area (Å²) >= 11 is 1.79. The molecule has 4 rings (SSSR count). The monoisotopic (exact) mass is 361 g/mol. The maximum absolute atomic E-state index is 8.71. The average Bonchev–Trinajstić information content (AvgIpc) is 3.07. The van der Waals surface area contributed by atoms with E-state index in [-0.39, 0.29) is 0 Å². The predicted molar refractivity (Wildman–Crippen MR) is 114 cm³/mol. The van der Waals surface area contributed by atoms with Gasteiger partial charge in [0.25, 0.3) is 0 Å². The number of thiophene rings is 1. The van der Waals surface area contributed by atoms with Gasteiger partial charge < -0.3 is 0 Å². The molecule has 0 aliphatic rings. The third-order valence-corrected chi connectivity index (χ3v) is 6.07. The van der Waals surface area contributed by atoms with Gasteiger partial charge in [0.1, 0.15) is 7.05 Å². The van der Waals surface area contributed by atoms with Gasteiger partial charge in [0.05, 0.1) is 12.3 Å². The quantitative estimate of drug-likeness (QED) is 0.374. The van der Waals surface area contributed by atoms with E-state index in [1.165, 1.54) is 37.9 Å². The normalized spacial score (nSPS) is 12.3. The zero-order chi connectivity index (χ0) is 19.3. The van der Waals surface area contributed by atoms with Crippen LogP contribution in [0.1, 0.15) is 32.0 Å². The first-order chi connectivity index (χ1) is 12.9. The molecule has 26 heavy (non-hydrogen) atoms. The minimum atomic E-state index is 0.612. The van der Waals surface area contributed by atoms with Crippen LogP contribution in [0.25, 0.3) is 32.1 Å². The topological polar surface area (TPSA) is 3.88 Å². The summed E-state index contributed by atoms with van der Waals surface area (Å²) in [5, 5.41) is 5.69. The molecule has 2 aromatic carbocycles. The van der Waals surface area contributed by atoms with Crippen LogP contribution < -0.4 is 4.57 Å². The van der Waals surface area contributed by atoms with Crippen molar-refractivity contribution in [3.8, 4) is 11.3 Å². The number of hydrogen-bond donors (Lipinski definition) is 0. The average molecular weight is 362 g/mol. The van der Waals surface area contributed by atoms with E-state index in [2.05, 4.69) is 81.1 Å². The van der Waals surface area contributed by atoms with Gasteiger partial charge in [-0.05, 0) is 70.8 Å². The molecular formula is C24H26NS+. The number of rotatable bonds is 3. The minimum absolute atomic E-state index is 0.612. The zero-order valence-corrected chi connectivity index (χ0v) is 17.0. The van der Waals surface area contributed by atoms with E-state index in [4.69, 9.17) is 1.37 Å². The van der Waals surface area contributed by atoms with Crippen molar-refractivity contribution < 1.29 is 5.94 Å². The molecule has 0 spiro atoms. The maximum atomic E-state index is 8.71. The number of aromatic nitrogens is 1. The molecule has 0 atom stereocenters. The van der Waals surface area contributed by atoms with Crippen LogP contribution in [-0.4, -0.2) is 0 Å². The van der Waals surface area contributed by atoms with Gasteiger partial charge in [0.2, 0.25) is 5.69 Å². The van der Waals surface area contributed by atoms with Gasteiger partial charge in [-0.25, -0.2) is 0 Å². The van der Waals surface area contributed by atoms with Gasteiger partial charge in [-0.3, -0.25) is 0 Å². The summed E-state index contributed by atoms with van der Waals surface area (Å²) in [5.74, 6) is 0.612. The van der Waals surface area contributed by atoms with Crippen molar-refractivity contribution in [1.29, 1.82) is 0 Å². The fourth-order valence-electron chi connectivity index (χ4n) is 3.83. The van der Waals surface area contributed by atoms with Crippen LogP contribution >= 0.6 is 11.3 Å². The highest BCUT2D eigenvalue weighted by molar-refractivity contribution is 7.17. The molecule has 1 nitrogen and oxygen atoms in total. The Hall–Kier alpha value is -2.19. The van der Waals surface area contributed by atoms with Gasteiger partial charge in [-0.15, -0.1) is 11.3 Å². The smallest absolute Gasteiger partial charge is 0.198 e. The van der Waals surface area contributed by atoms with Gasteiger partial charge >= 0.3 is 0 Å². The van der Waals surface area contributed by atoms with Crippen LogP contribution in [0.5, 0.6) is 0 Å². The summed E-state index contributed by atoms with van der Waals surface area (Å²) in [6, 6.07) is 14.1. The van der Waals surface area contributed by atoms with Crippen molar-refractivity contribution in [2.75, 3.05) is 0 Å². The van der Waals surface area contributed by atoms with Gasteiger partial charge in [-0.2, -0.15) is 4.57 Å². The standard InChI is InChI=1S/C24H26NS/c1-15(2)10-18-6-7-21-20(13-18)12-17(4)25(5)24(21)22-14-23-19(8-9-26-23)11-16(22)3/h6-9,11-15H,10H2,1-5H3/q+1/i12D. The van der Waals surface area contributed by atoms with Crippen molar-refractivity contribution >= 4 is 32.2 Å². The van der Waals surface area contributed by atoms with Crippen molar-refractivity contribution in [2.45, 2.75) is 34.1 Å². The van der Waals surface area contributed by atoms with Crippen LogP contribution in [0, 0.1) is 19.8 Å². The molecule has 0 fully saturated rings. The highest BCUT2D eigenvalue weighted by atomic mass is 32.1. The second-order valence-electron chi connectivity index (χ2n) is 7.72. The summed E-state index contributed by atoms with van der Waals surface area (Å²) in [5.41, 5.74) is 6.07. The molecular weight excluding hydrogens is 334 g/mol. The van der Waals surface area contributed by atoms with Crippen LogP contribution in [-0.2, 0) is 13.5 Å². The number of benzene rings is 2. The molecule has 0 bridgehead atoms. The van der Waals surface area contributed by atoms with E-state index in [1.54, 1.807) is 11.3 Å². The van der Waals surface area contributed by atoms with Gasteiger partial charge in [0, 0.05) is 17.7 Å². The molecule has 2 heterocycles. The van der Waals surface area contributed by atoms with E-state index in [1.807, 2.05) is 0 Å². The fraction of sp³-hybridized carbons (Fsp3) is 0.292. The summed E-state index contributed by atoms with van der Waals surface area (Å²) in [4.78, 5) is 0. The van der Waals surface area contributed by atoms with Crippen LogP contribution in [0.15, 0.2) is 47.8 Å². The highest BCUT2D eigenvalue weighted by Gasteiger charge is 2.20. The maximum Gasteiger partial charge on any atom is 0.220 e. The van der Waals surface area contributed by atoms with Crippen molar-refractivity contribution in [3.05, 3.63) is 64.6 Å². The number of nitrogens with zero attached hydrogens (tertiary/aromatic N) is 1. The van der Waals surface area contributed by atoms with E-state index in [0.29, 0.717) is 12.0 Å². The largest absolute Gasteiger partial charge is 0.220 e. The zero-order valence-electron chi connectivity index (χ0n) is 17.2. The lowest BCUT2D eigenvalue weighted by molar-refractivity contribution is -0.665. The Balaban J connectivity index is 2.05. The molecule has 0 aliphatic heterocycles. The van der Waals surface area contributed by atoms with E-state index < -0.39 is 0 Å². The van der Waals surface area contributed by atoms with E-state index in [9.17, 15) is 0 Å². The number of hydrogen-bond acceptors (Lipinski definition) is 1. The van der Waals surface area contributed by atoms with Gasteiger partial charge in [0.15, 0.2) is 5.69 Å². The molecule has 0 saturated carbocycles. The van der Waals surface area contributed by atoms with E-state index >= 15 is 0 Å². The lowest BCUT2D eigenvalue weighted by Gasteiger charge is -2.12. The SMILES string of the molecule is [2H]c1c(C)[n+](C)c(-c2cc3sccc3cc2C)c2ccc(CC(C)C)cc12. The summed E-state index contributed by atoms with van der Waals surface area (Å²) in [6.45, 7) is 8.73. The number of aryl methyl sites for hydroxylation is 1. The van der Waals surface area contributed by atoms with Crippen LogP contribution in [0.3, 0.4) is 0 Å².